The summed E-state index contributed by atoms with van der Waals surface area (Å²) < 4.78 is 11.5. The van der Waals surface area contributed by atoms with Crippen LogP contribution < -0.4 is 0 Å². The normalized spacial score (nSPS) is 12.0. The Morgan fingerprint density at radius 2 is 1.30 bits per heavy atom. The first-order valence-electron chi connectivity index (χ1n) is 7.53. The molecule has 1 aromatic carbocycles. The van der Waals surface area contributed by atoms with E-state index >= 15 is 0 Å². The molecule has 0 radical (unpaired) electrons. The van der Waals surface area contributed by atoms with Crippen LogP contribution in [0.5, 0.6) is 0 Å². The van der Waals surface area contributed by atoms with Gasteiger partial charge in [0, 0.05) is 3.57 Å². The Balaban J connectivity index is 2.96. The lowest BCUT2D eigenvalue weighted by molar-refractivity contribution is 0.0322. The first-order valence-corrected chi connectivity index (χ1v) is 8.61. The molecule has 0 atom stereocenters. The van der Waals surface area contributed by atoms with E-state index in [9.17, 15) is 9.59 Å². The van der Waals surface area contributed by atoms with E-state index in [1.54, 1.807) is 18.2 Å². The van der Waals surface area contributed by atoms with Crippen LogP contribution in [0.3, 0.4) is 0 Å². The minimum atomic E-state index is -0.501. The lowest BCUT2D eigenvalue weighted by atomic mass is 9.98. The molecule has 0 fully saturated rings. The summed E-state index contributed by atoms with van der Waals surface area (Å²) in [4.78, 5) is 24.6. The van der Waals surface area contributed by atoms with Gasteiger partial charge in [0.2, 0.25) is 0 Å². The molecule has 5 heteroatoms. The molecule has 23 heavy (non-hydrogen) atoms. The Labute approximate surface area is 152 Å². The smallest absolute Gasteiger partial charge is 0.339 e. The van der Waals surface area contributed by atoms with Crippen molar-refractivity contribution >= 4 is 34.5 Å². The first-order chi connectivity index (χ1) is 10.4. The molecular formula is C18H25IO4. The average Bonchev–Trinajstić information content (AvgIpc) is 2.40. The Kier molecular flexibility index (Phi) is 6.62. The number of rotatable bonds is 4. The third kappa shape index (κ3) is 7.33. The third-order valence-corrected chi connectivity index (χ3v) is 3.36. The predicted molar refractivity (Wildman–Crippen MR) is 98.6 cm³/mol. The van der Waals surface area contributed by atoms with E-state index in [-0.39, 0.29) is 35.2 Å². The zero-order valence-electron chi connectivity index (χ0n) is 14.7. The summed E-state index contributed by atoms with van der Waals surface area (Å²) in [6, 6.07) is 5.04. The largest absolute Gasteiger partial charge is 0.462 e. The van der Waals surface area contributed by atoms with E-state index in [0.717, 1.165) is 3.57 Å². The van der Waals surface area contributed by atoms with Gasteiger partial charge >= 0.3 is 11.9 Å². The van der Waals surface area contributed by atoms with Crippen LogP contribution in [-0.4, -0.2) is 25.2 Å². The minimum Gasteiger partial charge on any atom is -0.462 e. The molecule has 0 aliphatic heterocycles. The third-order valence-electron chi connectivity index (χ3n) is 2.69. The van der Waals surface area contributed by atoms with Crippen molar-refractivity contribution in [3.63, 3.8) is 0 Å². The van der Waals surface area contributed by atoms with Crippen LogP contribution >= 0.6 is 22.6 Å². The molecular weight excluding hydrogens is 407 g/mol. The summed E-state index contributed by atoms with van der Waals surface area (Å²) >= 11 is 2.10. The van der Waals surface area contributed by atoms with Gasteiger partial charge in [0.25, 0.3) is 0 Å². The number of carbonyl (C=O) groups is 2. The van der Waals surface area contributed by atoms with Gasteiger partial charge in [-0.2, -0.15) is 0 Å². The molecule has 1 aromatic rings. The summed E-state index contributed by atoms with van der Waals surface area (Å²) in [5.41, 5.74) is 0.227. The zero-order chi connectivity index (χ0) is 17.8. The van der Waals surface area contributed by atoms with Crippen LogP contribution in [0.1, 0.15) is 62.3 Å². The monoisotopic (exact) mass is 432 g/mol. The first kappa shape index (κ1) is 19.9. The highest BCUT2D eigenvalue weighted by molar-refractivity contribution is 14.1. The van der Waals surface area contributed by atoms with Crippen LogP contribution in [-0.2, 0) is 9.47 Å². The van der Waals surface area contributed by atoms with Crippen molar-refractivity contribution in [1.29, 1.82) is 0 Å². The number of hydrogen-bond donors (Lipinski definition) is 0. The Morgan fingerprint density at radius 1 is 0.870 bits per heavy atom. The van der Waals surface area contributed by atoms with E-state index in [1.807, 2.05) is 41.5 Å². The summed E-state index contributed by atoms with van der Waals surface area (Å²) in [6.07, 6.45) is 0. The predicted octanol–water partition coefficient (Wildman–Crippen LogP) is 4.70. The molecule has 0 unspecified atom stereocenters. The SMILES string of the molecule is CC(C)(C)COC(=O)c1ccc(I)cc1C(=O)OCC(C)(C)C. The number of hydrogen-bond acceptors (Lipinski definition) is 4. The van der Waals surface area contributed by atoms with Crippen molar-refractivity contribution in [3.8, 4) is 0 Å². The molecule has 0 spiro atoms. The van der Waals surface area contributed by atoms with Gasteiger partial charge in [-0.15, -0.1) is 0 Å². The Bertz CT molecular complexity index is 580. The number of halogens is 1. The van der Waals surface area contributed by atoms with Gasteiger partial charge < -0.3 is 9.47 Å². The summed E-state index contributed by atoms with van der Waals surface area (Å²) in [6.45, 7) is 12.4. The molecule has 0 heterocycles. The lowest BCUT2D eigenvalue weighted by Crippen LogP contribution is -2.22. The van der Waals surface area contributed by atoms with Crippen LogP contribution in [0.4, 0.5) is 0 Å². The van der Waals surface area contributed by atoms with E-state index < -0.39 is 11.9 Å². The van der Waals surface area contributed by atoms with E-state index in [2.05, 4.69) is 22.6 Å². The van der Waals surface area contributed by atoms with Crippen molar-refractivity contribution in [2.24, 2.45) is 10.8 Å². The standard InChI is InChI=1S/C18H25IO4/c1-17(2,3)10-22-15(20)13-8-7-12(19)9-14(13)16(21)23-11-18(4,5)6/h7-9H,10-11H2,1-6H3. The van der Waals surface area contributed by atoms with Crippen LogP contribution in [0, 0.1) is 14.4 Å². The lowest BCUT2D eigenvalue weighted by Gasteiger charge is -2.20. The fourth-order valence-corrected chi connectivity index (χ4v) is 2.07. The van der Waals surface area contributed by atoms with Gasteiger partial charge in [0.1, 0.15) is 0 Å². The fraction of sp³-hybridized carbons (Fsp3) is 0.556. The van der Waals surface area contributed by atoms with Gasteiger partial charge in [-0.25, -0.2) is 9.59 Å². The molecule has 0 bridgehead atoms. The maximum absolute atomic E-state index is 12.3. The topological polar surface area (TPSA) is 52.6 Å². The minimum absolute atomic E-state index is 0.133. The molecule has 0 N–H and O–H groups in total. The van der Waals surface area contributed by atoms with Crippen molar-refractivity contribution < 1.29 is 19.1 Å². The molecule has 0 aromatic heterocycles. The number of carbonyl (C=O) groups excluding carboxylic acids is 2. The molecule has 128 valence electrons. The molecule has 0 aliphatic carbocycles. The number of ether oxygens (including phenoxy) is 2. The molecule has 0 saturated heterocycles. The van der Waals surface area contributed by atoms with Gasteiger partial charge in [-0.1, -0.05) is 41.5 Å². The van der Waals surface area contributed by atoms with Crippen LogP contribution in [0.2, 0.25) is 0 Å². The Hall–Kier alpha value is -1.11. The van der Waals surface area contributed by atoms with Crippen molar-refractivity contribution in [2.75, 3.05) is 13.2 Å². The van der Waals surface area contributed by atoms with E-state index in [4.69, 9.17) is 9.47 Å². The molecule has 0 amide bonds. The summed E-state index contributed by atoms with van der Waals surface area (Å²) in [5.74, 6) is -1.000. The van der Waals surface area contributed by atoms with Crippen molar-refractivity contribution in [3.05, 3.63) is 32.9 Å². The highest BCUT2D eigenvalue weighted by atomic mass is 127. The van der Waals surface area contributed by atoms with Crippen molar-refractivity contribution in [1.82, 2.24) is 0 Å². The fourth-order valence-electron chi connectivity index (χ4n) is 1.58. The quantitative estimate of drug-likeness (QED) is 0.512. The maximum atomic E-state index is 12.3. The molecule has 0 aliphatic rings. The second-order valence-electron chi connectivity index (χ2n) is 7.96. The molecule has 0 saturated carbocycles. The van der Waals surface area contributed by atoms with Gasteiger partial charge in [0.05, 0.1) is 24.3 Å². The molecule has 4 nitrogen and oxygen atoms in total. The van der Waals surface area contributed by atoms with Crippen LogP contribution in [0.25, 0.3) is 0 Å². The van der Waals surface area contributed by atoms with Crippen molar-refractivity contribution in [2.45, 2.75) is 41.5 Å². The number of benzene rings is 1. The highest BCUT2D eigenvalue weighted by Gasteiger charge is 2.23. The Morgan fingerprint density at radius 3 is 1.74 bits per heavy atom. The second kappa shape index (κ2) is 7.64. The highest BCUT2D eigenvalue weighted by Crippen LogP contribution is 2.20. The average molecular weight is 432 g/mol. The summed E-state index contributed by atoms with van der Waals surface area (Å²) in [7, 11) is 0. The van der Waals surface area contributed by atoms with E-state index in [1.165, 1.54) is 0 Å². The van der Waals surface area contributed by atoms with Gasteiger partial charge in [0.15, 0.2) is 0 Å². The number of esters is 2. The van der Waals surface area contributed by atoms with Crippen LogP contribution in [0.15, 0.2) is 18.2 Å². The maximum Gasteiger partial charge on any atom is 0.339 e. The van der Waals surface area contributed by atoms with E-state index in [0.29, 0.717) is 0 Å². The second-order valence-corrected chi connectivity index (χ2v) is 9.21. The summed E-state index contributed by atoms with van der Waals surface area (Å²) in [5, 5.41) is 0. The van der Waals surface area contributed by atoms with Gasteiger partial charge in [-0.05, 0) is 51.6 Å². The van der Waals surface area contributed by atoms with Gasteiger partial charge in [-0.3, -0.25) is 0 Å². The zero-order valence-corrected chi connectivity index (χ0v) is 16.8. The molecule has 1 rings (SSSR count).